The highest BCUT2D eigenvalue weighted by Gasteiger charge is 2.29. The summed E-state index contributed by atoms with van der Waals surface area (Å²) >= 11 is 1.40. The lowest BCUT2D eigenvalue weighted by molar-refractivity contribution is -0.155. The fraction of sp³-hybridized carbons (Fsp3) is 0.476. The summed E-state index contributed by atoms with van der Waals surface area (Å²) in [6.07, 6.45) is -4.57. The van der Waals surface area contributed by atoms with Crippen molar-refractivity contribution in [2.45, 2.75) is 44.4 Å². The molecule has 0 N–H and O–H groups in total. The van der Waals surface area contributed by atoms with Gasteiger partial charge in [-0.3, -0.25) is 4.79 Å². The number of likely N-dealkylation sites (tertiary alicyclic amines) is 1. The minimum atomic E-state index is -4.60. The molecule has 0 saturated carbocycles. The molecular formula is C21H20F5N3O4S. The summed E-state index contributed by atoms with van der Waals surface area (Å²) in [6.45, 7) is -0.0687. The lowest BCUT2D eigenvalue weighted by Gasteiger charge is -2.30. The number of hydrogen-bond donors (Lipinski definition) is 0. The molecule has 1 aromatic heterocycles. The normalized spacial score (nSPS) is 18.2. The fourth-order valence-electron chi connectivity index (χ4n) is 3.74. The fourth-order valence-corrected chi connectivity index (χ4v) is 4.73. The van der Waals surface area contributed by atoms with E-state index in [1.54, 1.807) is 5.38 Å². The van der Waals surface area contributed by atoms with Crippen LogP contribution in [0.4, 0.5) is 22.0 Å². The van der Waals surface area contributed by atoms with Gasteiger partial charge in [0.05, 0.1) is 18.2 Å². The number of halogens is 5. The van der Waals surface area contributed by atoms with Crippen LogP contribution in [0, 0.1) is 11.6 Å². The number of rotatable bonds is 5. The molecule has 0 aliphatic carbocycles. The van der Waals surface area contributed by atoms with E-state index in [9.17, 15) is 26.7 Å². The number of thiazole rings is 1. The van der Waals surface area contributed by atoms with Crippen LogP contribution in [-0.2, 0) is 32.3 Å². The Morgan fingerprint density at radius 2 is 1.79 bits per heavy atom. The van der Waals surface area contributed by atoms with Crippen molar-refractivity contribution in [2.24, 2.45) is 5.16 Å². The summed E-state index contributed by atoms with van der Waals surface area (Å²) in [5, 5.41) is 5.33. The highest BCUT2D eigenvalue weighted by Crippen LogP contribution is 2.35. The van der Waals surface area contributed by atoms with Gasteiger partial charge in [0.2, 0.25) is 6.29 Å². The molecule has 13 heteroatoms. The van der Waals surface area contributed by atoms with Crippen LogP contribution in [0.15, 0.2) is 22.7 Å². The zero-order chi connectivity index (χ0) is 24.3. The summed E-state index contributed by atoms with van der Waals surface area (Å²) in [5.74, 6) is -1.49. The number of ether oxygens (including phenoxy) is 2. The maximum atomic E-state index is 14.0. The van der Waals surface area contributed by atoms with Gasteiger partial charge >= 0.3 is 6.18 Å². The minimum Gasteiger partial charge on any atom is -0.386 e. The molecule has 1 fully saturated rings. The molecule has 0 unspecified atom stereocenters. The highest BCUT2D eigenvalue weighted by molar-refractivity contribution is 7.09. The number of nitrogens with zero attached hydrogens (tertiary/aromatic N) is 3. The van der Waals surface area contributed by atoms with Gasteiger partial charge in [-0.25, -0.2) is 13.8 Å². The summed E-state index contributed by atoms with van der Waals surface area (Å²) in [4.78, 5) is 22.6. The van der Waals surface area contributed by atoms with Crippen molar-refractivity contribution in [1.29, 1.82) is 0 Å². The molecule has 0 radical (unpaired) electrons. The standard InChI is InChI=1S/C21H20F5N3O4S/c22-15-1-2-16(23)14-8-32-20(31-7-13(14)15)17-10-34-19(28-17)12-3-5-29(6-4-12)18(30)9-33-27-11-21(24,25)26/h1-2,10-12,20H,3-9H2. The van der Waals surface area contributed by atoms with Crippen molar-refractivity contribution >= 4 is 23.5 Å². The Balaban J connectivity index is 1.29. The van der Waals surface area contributed by atoms with Crippen molar-refractivity contribution in [3.05, 3.63) is 51.0 Å². The minimum absolute atomic E-state index is 0.0739. The molecule has 7 nitrogen and oxygen atoms in total. The lowest BCUT2D eigenvalue weighted by Crippen LogP contribution is -2.39. The lowest BCUT2D eigenvalue weighted by atomic mass is 9.97. The number of carbonyl (C=O) groups excluding carboxylic acids is 1. The summed E-state index contributed by atoms with van der Waals surface area (Å²) < 4.78 is 75.3. The third kappa shape index (κ3) is 5.88. The van der Waals surface area contributed by atoms with Crippen LogP contribution in [-0.4, -0.2) is 47.9 Å². The first-order chi connectivity index (χ1) is 16.2. The molecule has 1 saturated heterocycles. The molecule has 4 rings (SSSR count). The maximum Gasteiger partial charge on any atom is 0.429 e. The van der Waals surface area contributed by atoms with E-state index in [1.807, 2.05) is 0 Å². The molecule has 0 atom stereocenters. The molecule has 2 aliphatic heterocycles. The Labute approximate surface area is 195 Å². The number of carbonyl (C=O) groups is 1. The van der Waals surface area contributed by atoms with Gasteiger partial charge in [0.25, 0.3) is 5.91 Å². The number of amides is 1. The van der Waals surface area contributed by atoms with Gasteiger partial charge in [-0.1, -0.05) is 5.16 Å². The van der Waals surface area contributed by atoms with Crippen molar-refractivity contribution in [2.75, 3.05) is 19.7 Å². The van der Waals surface area contributed by atoms with Gasteiger partial charge in [0, 0.05) is 35.5 Å². The summed E-state index contributed by atoms with van der Waals surface area (Å²) in [6, 6.07) is 2.11. The number of hydrogen-bond acceptors (Lipinski definition) is 7. The molecule has 1 aromatic carbocycles. The van der Waals surface area contributed by atoms with Crippen LogP contribution in [0.25, 0.3) is 0 Å². The molecular weight excluding hydrogens is 485 g/mol. The molecule has 184 valence electrons. The van der Waals surface area contributed by atoms with Crippen LogP contribution < -0.4 is 0 Å². The third-order valence-corrected chi connectivity index (χ3v) is 6.54. The van der Waals surface area contributed by atoms with Crippen LogP contribution >= 0.6 is 11.3 Å². The van der Waals surface area contributed by atoms with E-state index in [1.165, 1.54) is 16.2 Å². The number of benzene rings is 1. The summed E-state index contributed by atoms with van der Waals surface area (Å²) in [5.41, 5.74) is 0.759. The average Bonchev–Trinajstić information content (AvgIpc) is 3.18. The Morgan fingerprint density at radius 1 is 1.18 bits per heavy atom. The van der Waals surface area contributed by atoms with Crippen molar-refractivity contribution in [3.63, 3.8) is 0 Å². The second-order valence-corrected chi connectivity index (χ2v) is 8.65. The molecule has 2 aromatic rings. The second-order valence-electron chi connectivity index (χ2n) is 7.76. The van der Waals surface area contributed by atoms with E-state index in [4.69, 9.17) is 9.47 Å². The molecule has 3 heterocycles. The van der Waals surface area contributed by atoms with E-state index in [-0.39, 0.29) is 36.5 Å². The highest BCUT2D eigenvalue weighted by atomic mass is 32.1. The number of aromatic nitrogens is 1. The first-order valence-electron chi connectivity index (χ1n) is 10.4. The zero-order valence-electron chi connectivity index (χ0n) is 17.7. The number of fused-ring (bicyclic) bond motifs is 1. The number of piperidine rings is 1. The van der Waals surface area contributed by atoms with Gasteiger partial charge in [0.15, 0.2) is 6.61 Å². The van der Waals surface area contributed by atoms with E-state index in [0.717, 1.165) is 17.1 Å². The van der Waals surface area contributed by atoms with Gasteiger partial charge in [0.1, 0.15) is 23.5 Å². The predicted octanol–water partition coefficient (Wildman–Crippen LogP) is 4.44. The Hall–Kier alpha value is -2.64. The molecule has 1 amide bonds. The van der Waals surface area contributed by atoms with Gasteiger partial charge in [-0.05, 0) is 25.0 Å². The molecule has 34 heavy (non-hydrogen) atoms. The third-order valence-electron chi connectivity index (χ3n) is 5.51. The van der Waals surface area contributed by atoms with Crippen LogP contribution in [0.5, 0.6) is 0 Å². The predicted molar refractivity (Wildman–Crippen MR) is 110 cm³/mol. The topological polar surface area (TPSA) is 73.2 Å². The van der Waals surface area contributed by atoms with Crippen molar-refractivity contribution in [1.82, 2.24) is 9.88 Å². The molecule has 0 bridgehead atoms. The maximum absolute atomic E-state index is 14.0. The van der Waals surface area contributed by atoms with Crippen molar-refractivity contribution in [3.8, 4) is 0 Å². The molecule has 2 aliphatic rings. The largest absolute Gasteiger partial charge is 0.429 e. The van der Waals surface area contributed by atoms with Crippen LogP contribution in [0.2, 0.25) is 0 Å². The monoisotopic (exact) mass is 505 g/mol. The number of oxime groups is 1. The van der Waals surface area contributed by atoms with Crippen LogP contribution in [0.3, 0.4) is 0 Å². The quantitative estimate of drug-likeness (QED) is 0.341. The van der Waals surface area contributed by atoms with Gasteiger partial charge in [-0.2, -0.15) is 13.2 Å². The number of alkyl halides is 3. The summed E-state index contributed by atoms with van der Waals surface area (Å²) in [7, 11) is 0. The van der Waals surface area contributed by atoms with E-state index in [0.29, 0.717) is 31.6 Å². The van der Waals surface area contributed by atoms with E-state index >= 15 is 0 Å². The average molecular weight is 505 g/mol. The van der Waals surface area contributed by atoms with Crippen LogP contribution in [0.1, 0.15) is 46.9 Å². The Morgan fingerprint density at radius 3 is 2.38 bits per heavy atom. The molecule has 0 spiro atoms. The second kappa shape index (κ2) is 10.3. The Bertz CT molecular complexity index is 1020. The first kappa shape index (κ1) is 24.5. The smallest absolute Gasteiger partial charge is 0.386 e. The SMILES string of the molecule is O=C(CON=CC(F)(F)F)N1CCC(c2nc(C3OCc4c(F)ccc(F)c4CO3)cs2)CC1. The first-order valence-corrected chi connectivity index (χ1v) is 11.2. The van der Waals surface area contributed by atoms with Gasteiger partial charge in [-0.15, -0.1) is 11.3 Å². The van der Waals surface area contributed by atoms with Crippen molar-refractivity contribution < 1.29 is 41.1 Å². The van der Waals surface area contributed by atoms with Gasteiger partial charge < -0.3 is 19.2 Å². The van der Waals surface area contributed by atoms with E-state index in [2.05, 4.69) is 15.0 Å². The zero-order valence-corrected chi connectivity index (χ0v) is 18.5. The Kier molecular flexibility index (Phi) is 7.43. The van der Waals surface area contributed by atoms with E-state index < -0.39 is 36.6 Å².